The fraction of sp³-hybridized carbons (Fsp3) is 0.286. The van der Waals surface area contributed by atoms with Crippen LogP contribution in [0.15, 0.2) is 6.33 Å². The van der Waals surface area contributed by atoms with Gasteiger partial charge in [0, 0.05) is 0 Å². The van der Waals surface area contributed by atoms with Crippen LogP contribution in [-0.4, -0.2) is 36.3 Å². The number of H-pyrrole nitrogens is 2. The minimum Gasteiger partial charge on any atom is -0.342 e. The number of rotatable bonds is 3. The van der Waals surface area contributed by atoms with Crippen molar-refractivity contribution in [2.45, 2.75) is 13.5 Å². The van der Waals surface area contributed by atoms with Crippen molar-refractivity contribution in [3.8, 4) is 0 Å². The second-order valence-electron chi connectivity index (χ2n) is 2.86. The Balaban J connectivity index is 1.93. The predicted octanol–water partition coefficient (Wildman–Crippen LogP) is -0.839. The van der Waals surface area contributed by atoms with Gasteiger partial charge >= 0.3 is 0 Å². The highest BCUT2D eigenvalue weighted by molar-refractivity contribution is 5.90. The molecule has 0 aliphatic heterocycles. The molecule has 8 heteroatoms. The van der Waals surface area contributed by atoms with E-state index in [4.69, 9.17) is 0 Å². The molecule has 1 amide bonds. The first-order valence-electron chi connectivity index (χ1n) is 4.27. The third-order valence-corrected chi connectivity index (χ3v) is 1.68. The van der Waals surface area contributed by atoms with Crippen molar-refractivity contribution < 1.29 is 4.79 Å². The zero-order valence-electron chi connectivity index (χ0n) is 7.98. The van der Waals surface area contributed by atoms with E-state index < -0.39 is 0 Å². The average molecular weight is 207 g/mol. The standard InChI is InChI=1S/C7H9N7O/c1-4-11-6(14-12-4)7(15)8-2-5-9-3-10-13-5/h3H,2H2,1H3,(H,8,15)(H,9,10,13)(H,11,12,14). The number of aromatic nitrogens is 6. The van der Waals surface area contributed by atoms with Crippen LogP contribution < -0.4 is 5.32 Å². The van der Waals surface area contributed by atoms with Crippen LogP contribution in [0.2, 0.25) is 0 Å². The number of aromatic amines is 2. The molecule has 0 radical (unpaired) electrons. The Kier molecular flexibility index (Phi) is 2.40. The van der Waals surface area contributed by atoms with Gasteiger partial charge in [0.2, 0.25) is 5.82 Å². The quantitative estimate of drug-likeness (QED) is 0.607. The van der Waals surface area contributed by atoms with Crippen LogP contribution in [-0.2, 0) is 6.54 Å². The van der Waals surface area contributed by atoms with Crippen molar-refractivity contribution >= 4 is 5.91 Å². The molecular formula is C7H9N7O. The molecule has 2 heterocycles. The van der Waals surface area contributed by atoms with Crippen LogP contribution in [0.5, 0.6) is 0 Å². The minimum atomic E-state index is -0.351. The van der Waals surface area contributed by atoms with E-state index in [0.717, 1.165) is 0 Å². The van der Waals surface area contributed by atoms with E-state index in [0.29, 0.717) is 11.6 Å². The third-order valence-electron chi connectivity index (χ3n) is 1.68. The van der Waals surface area contributed by atoms with Crippen molar-refractivity contribution in [3.05, 3.63) is 23.8 Å². The molecule has 3 N–H and O–H groups in total. The van der Waals surface area contributed by atoms with Gasteiger partial charge in [-0.1, -0.05) is 0 Å². The molecule has 0 aliphatic rings. The molecular weight excluding hydrogens is 198 g/mol. The number of aryl methyl sites for hydroxylation is 1. The molecule has 0 bridgehead atoms. The van der Waals surface area contributed by atoms with E-state index >= 15 is 0 Å². The summed E-state index contributed by atoms with van der Waals surface area (Å²) < 4.78 is 0. The van der Waals surface area contributed by atoms with Gasteiger partial charge in [0.15, 0.2) is 0 Å². The molecule has 78 valence electrons. The summed E-state index contributed by atoms with van der Waals surface area (Å²) in [5, 5.41) is 15.2. The van der Waals surface area contributed by atoms with Crippen molar-refractivity contribution in [1.29, 1.82) is 0 Å². The number of carbonyl (C=O) groups excluding carboxylic acids is 1. The zero-order valence-corrected chi connectivity index (χ0v) is 7.98. The molecule has 0 atom stereocenters. The maximum absolute atomic E-state index is 11.4. The van der Waals surface area contributed by atoms with Crippen molar-refractivity contribution in [2.24, 2.45) is 0 Å². The third kappa shape index (κ3) is 2.16. The number of nitrogens with one attached hydrogen (secondary N) is 3. The average Bonchev–Trinajstić information content (AvgIpc) is 2.84. The summed E-state index contributed by atoms with van der Waals surface area (Å²) in [4.78, 5) is 19.2. The van der Waals surface area contributed by atoms with Crippen LogP contribution in [0.4, 0.5) is 0 Å². The molecule has 0 saturated heterocycles. The van der Waals surface area contributed by atoms with E-state index in [2.05, 4.69) is 35.7 Å². The molecule has 0 aromatic carbocycles. The largest absolute Gasteiger partial charge is 0.342 e. The maximum atomic E-state index is 11.4. The van der Waals surface area contributed by atoms with Crippen LogP contribution in [0.25, 0.3) is 0 Å². The Bertz CT molecular complexity index is 446. The van der Waals surface area contributed by atoms with Gasteiger partial charge < -0.3 is 5.32 Å². The molecule has 2 rings (SSSR count). The second kappa shape index (κ2) is 3.86. The molecule has 0 unspecified atom stereocenters. The number of nitrogens with zero attached hydrogens (tertiary/aromatic N) is 4. The number of hydrogen-bond acceptors (Lipinski definition) is 5. The smallest absolute Gasteiger partial charge is 0.291 e. The number of hydrogen-bond donors (Lipinski definition) is 3. The van der Waals surface area contributed by atoms with Crippen molar-refractivity contribution in [1.82, 2.24) is 35.7 Å². The summed E-state index contributed by atoms with van der Waals surface area (Å²) in [6.07, 6.45) is 1.37. The lowest BCUT2D eigenvalue weighted by atomic mass is 10.5. The van der Waals surface area contributed by atoms with E-state index in [1.807, 2.05) is 0 Å². The van der Waals surface area contributed by atoms with Gasteiger partial charge in [-0.25, -0.2) is 9.97 Å². The van der Waals surface area contributed by atoms with E-state index in [9.17, 15) is 4.79 Å². The summed E-state index contributed by atoms with van der Waals surface area (Å²) in [6, 6.07) is 0. The molecule has 0 fully saturated rings. The van der Waals surface area contributed by atoms with E-state index in [1.165, 1.54) is 6.33 Å². The highest BCUT2D eigenvalue weighted by atomic mass is 16.2. The van der Waals surface area contributed by atoms with Crippen LogP contribution in [0.1, 0.15) is 22.3 Å². The fourth-order valence-electron chi connectivity index (χ4n) is 1.00. The Morgan fingerprint density at radius 3 is 3.00 bits per heavy atom. The van der Waals surface area contributed by atoms with Gasteiger partial charge in [-0.15, -0.1) is 5.10 Å². The van der Waals surface area contributed by atoms with Crippen LogP contribution >= 0.6 is 0 Å². The van der Waals surface area contributed by atoms with Gasteiger partial charge in [0.05, 0.1) is 6.54 Å². The molecule has 2 aromatic heterocycles. The molecule has 8 nitrogen and oxygen atoms in total. The Morgan fingerprint density at radius 1 is 1.53 bits per heavy atom. The van der Waals surface area contributed by atoms with Gasteiger partial charge in [-0.2, -0.15) is 5.10 Å². The number of carbonyl (C=O) groups is 1. The zero-order chi connectivity index (χ0) is 10.7. The summed E-state index contributed by atoms with van der Waals surface area (Å²) in [7, 11) is 0. The van der Waals surface area contributed by atoms with Gasteiger partial charge in [-0.3, -0.25) is 15.0 Å². The van der Waals surface area contributed by atoms with Gasteiger partial charge in [-0.05, 0) is 6.92 Å². The SMILES string of the molecule is Cc1nc(C(=O)NCc2ncn[nH]2)n[nH]1. The lowest BCUT2D eigenvalue weighted by Crippen LogP contribution is -2.24. The maximum Gasteiger partial charge on any atom is 0.291 e. The summed E-state index contributed by atoms with van der Waals surface area (Å²) in [6.45, 7) is 1.99. The van der Waals surface area contributed by atoms with Gasteiger partial charge in [0.1, 0.15) is 18.0 Å². The lowest BCUT2D eigenvalue weighted by molar-refractivity contribution is 0.0940. The van der Waals surface area contributed by atoms with E-state index in [-0.39, 0.29) is 18.3 Å². The second-order valence-corrected chi connectivity index (χ2v) is 2.86. The molecule has 15 heavy (non-hydrogen) atoms. The monoisotopic (exact) mass is 207 g/mol. The summed E-state index contributed by atoms with van der Waals surface area (Å²) in [5.74, 6) is 0.943. The molecule has 0 aliphatic carbocycles. The number of amides is 1. The first-order chi connectivity index (χ1) is 7.25. The molecule has 0 spiro atoms. The topological polar surface area (TPSA) is 112 Å². The van der Waals surface area contributed by atoms with Crippen LogP contribution in [0.3, 0.4) is 0 Å². The lowest BCUT2D eigenvalue weighted by Gasteiger charge is -1.97. The first-order valence-corrected chi connectivity index (χ1v) is 4.27. The summed E-state index contributed by atoms with van der Waals surface area (Å²) in [5.41, 5.74) is 0. The Hall–Kier alpha value is -2.25. The Labute approximate surface area is 84.5 Å². The van der Waals surface area contributed by atoms with Crippen molar-refractivity contribution in [3.63, 3.8) is 0 Å². The predicted molar refractivity (Wildman–Crippen MR) is 48.7 cm³/mol. The minimum absolute atomic E-state index is 0.118. The van der Waals surface area contributed by atoms with Crippen LogP contribution in [0, 0.1) is 6.92 Å². The first kappa shape index (κ1) is 9.31. The molecule has 2 aromatic rings. The fourth-order valence-corrected chi connectivity index (χ4v) is 1.00. The normalized spacial score (nSPS) is 10.2. The van der Waals surface area contributed by atoms with E-state index in [1.54, 1.807) is 6.92 Å². The van der Waals surface area contributed by atoms with Gasteiger partial charge in [0.25, 0.3) is 5.91 Å². The highest BCUT2D eigenvalue weighted by Crippen LogP contribution is 1.91. The Morgan fingerprint density at radius 2 is 2.40 bits per heavy atom. The molecule has 0 saturated carbocycles. The highest BCUT2D eigenvalue weighted by Gasteiger charge is 2.10. The summed E-state index contributed by atoms with van der Waals surface area (Å²) >= 11 is 0. The van der Waals surface area contributed by atoms with Crippen molar-refractivity contribution in [2.75, 3.05) is 0 Å².